The minimum Gasteiger partial charge on any atom is -0.448 e. The fraction of sp³-hybridized carbons (Fsp3) is 0.846. The molecule has 0 saturated heterocycles. The molecule has 8 atom stereocenters. The van der Waals surface area contributed by atoms with E-state index in [9.17, 15) is 19.2 Å². The van der Waals surface area contributed by atoms with Crippen molar-refractivity contribution in [2.45, 2.75) is 131 Å². The fourth-order valence-corrected chi connectivity index (χ4v) is 12.3. The quantitative estimate of drug-likeness (QED) is 0.185. The van der Waals surface area contributed by atoms with Crippen LogP contribution in [0.2, 0.25) is 0 Å². The van der Waals surface area contributed by atoms with E-state index in [1.807, 2.05) is 7.05 Å². The van der Waals surface area contributed by atoms with E-state index < -0.39 is 11.6 Å². The minimum absolute atomic E-state index is 0.122. The molecule has 0 heterocycles. The van der Waals surface area contributed by atoms with Crippen molar-refractivity contribution in [3.05, 3.63) is 11.1 Å². The number of likely N-dealkylation sites (N-methyl/N-ethyl adjacent to an activating group) is 1. The van der Waals surface area contributed by atoms with Gasteiger partial charge in [0.05, 0.1) is 5.54 Å². The highest BCUT2D eigenvalue weighted by Crippen LogP contribution is 2.72. The zero-order chi connectivity index (χ0) is 33.7. The molecule has 4 fully saturated rings. The van der Waals surface area contributed by atoms with Gasteiger partial charge in [0.1, 0.15) is 18.7 Å². The number of nitrogens with one attached hydrogen (secondary N) is 1. The van der Waals surface area contributed by atoms with Gasteiger partial charge in [0, 0.05) is 25.8 Å². The van der Waals surface area contributed by atoms with E-state index in [-0.39, 0.29) is 34.6 Å². The Morgan fingerprint density at radius 1 is 0.978 bits per heavy atom. The van der Waals surface area contributed by atoms with Crippen LogP contribution in [0.1, 0.15) is 126 Å². The molecule has 0 spiro atoms. The number of carbonyl (C=O) groups is 4. The zero-order valence-corrected chi connectivity index (χ0v) is 30.1. The van der Waals surface area contributed by atoms with Gasteiger partial charge in [0.25, 0.3) is 0 Å². The molecule has 5 aliphatic rings. The predicted molar refractivity (Wildman–Crippen MR) is 181 cm³/mol. The molecule has 8 unspecified atom stereocenters. The maximum Gasteiger partial charge on any atom is 0.407 e. The third-order valence-electron chi connectivity index (χ3n) is 14.3. The van der Waals surface area contributed by atoms with Crippen molar-refractivity contribution in [1.82, 2.24) is 10.2 Å². The Morgan fingerprint density at radius 3 is 2.37 bits per heavy atom. The smallest absolute Gasteiger partial charge is 0.407 e. The summed E-state index contributed by atoms with van der Waals surface area (Å²) in [5.41, 5.74) is 2.17. The first-order chi connectivity index (χ1) is 21.6. The van der Waals surface area contributed by atoms with Crippen LogP contribution in [0, 0.1) is 51.8 Å². The number of unbranched alkanes of at least 4 members (excludes halogenated alkanes) is 1. The number of hydrogen-bond donors (Lipinski definition) is 1. The summed E-state index contributed by atoms with van der Waals surface area (Å²) in [5.74, 6) is 3.18. The molecule has 0 aromatic carbocycles. The summed E-state index contributed by atoms with van der Waals surface area (Å²) in [6.45, 7) is 17.8. The third kappa shape index (κ3) is 6.05. The molecule has 1 N–H and O–H groups in total. The van der Waals surface area contributed by atoms with Crippen LogP contribution in [0.25, 0.3) is 0 Å². The first kappa shape index (κ1) is 35.3. The Hall–Kier alpha value is -2.02. The molecule has 0 radical (unpaired) electrons. The number of nitrogens with zero attached hydrogens (tertiary/aromatic N) is 1. The highest BCUT2D eigenvalue weighted by Gasteiger charge is 2.66. The van der Waals surface area contributed by atoms with E-state index in [1.165, 1.54) is 24.8 Å². The van der Waals surface area contributed by atoms with Crippen LogP contribution in [0.5, 0.6) is 0 Å². The molecule has 4 saturated carbocycles. The topological polar surface area (TPSA) is 92.8 Å². The number of allylic oxidation sites excluding steroid dienone is 1. The number of aldehydes is 1. The molecule has 5 aliphatic carbocycles. The van der Waals surface area contributed by atoms with Gasteiger partial charge in [-0.2, -0.15) is 0 Å². The minimum atomic E-state index is -0.637. The fourth-order valence-electron chi connectivity index (χ4n) is 12.3. The lowest BCUT2D eigenvalue weighted by molar-refractivity contribution is -0.191. The summed E-state index contributed by atoms with van der Waals surface area (Å²) >= 11 is 0. The van der Waals surface area contributed by atoms with Gasteiger partial charge in [0.15, 0.2) is 5.78 Å². The van der Waals surface area contributed by atoms with Gasteiger partial charge in [-0.3, -0.25) is 4.79 Å². The van der Waals surface area contributed by atoms with Gasteiger partial charge >= 0.3 is 6.09 Å². The lowest BCUT2D eigenvalue weighted by Gasteiger charge is -2.69. The van der Waals surface area contributed by atoms with Crippen molar-refractivity contribution in [2.24, 2.45) is 51.8 Å². The summed E-state index contributed by atoms with van der Waals surface area (Å²) in [7, 11) is 1.97. The molecule has 5 rings (SSSR count). The molecular weight excluding hydrogens is 576 g/mol. The molecule has 7 heteroatoms. The number of Topliss-reactive ketones (excluding diaryl/α,β-unsaturated/α-hetero) is 2. The normalized spacial score (nSPS) is 38.1. The average molecular weight is 639 g/mol. The van der Waals surface area contributed by atoms with E-state index in [4.69, 9.17) is 4.74 Å². The lowest BCUT2D eigenvalue weighted by Crippen LogP contribution is -2.63. The van der Waals surface area contributed by atoms with Crippen LogP contribution in [0.15, 0.2) is 11.1 Å². The zero-order valence-electron chi connectivity index (χ0n) is 30.1. The monoisotopic (exact) mass is 638 g/mol. The SMILES string of the molecule is CC(=O)CC1CCC2(C)C(CCC3(C)C4CCC5(NC(=O)OCCN(C)CCCC=O)CC(=O)C(C(C)C)=C5C4CCC32)C1(C)C. The molecular formula is C39H62N2O5. The summed E-state index contributed by atoms with van der Waals surface area (Å²) < 4.78 is 5.71. The van der Waals surface area contributed by atoms with E-state index in [0.29, 0.717) is 61.2 Å². The van der Waals surface area contributed by atoms with E-state index >= 15 is 0 Å². The number of hydrogen-bond acceptors (Lipinski definition) is 6. The third-order valence-corrected chi connectivity index (χ3v) is 14.3. The maximum atomic E-state index is 13.7. The highest BCUT2D eigenvalue weighted by molar-refractivity contribution is 6.02. The standard InChI is InChI=1S/C39H62N2O5/c1-25(2)33-30(44)24-39(40-35(45)46-22-20-41(8)19-9-10-21-42)18-14-29-28(34(33)39)11-12-32-37(29,6)17-15-31-36(4,5)27(23-26(3)43)13-16-38(31,32)7/h21,25,27-29,31-32H,9-20,22-24H2,1-8H3,(H,40,45). The van der Waals surface area contributed by atoms with Crippen molar-refractivity contribution >= 4 is 23.9 Å². The molecule has 0 aromatic rings. The van der Waals surface area contributed by atoms with Crippen LogP contribution in [0.3, 0.4) is 0 Å². The Morgan fingerprint density at radius 2 is 1.70 bits per heavy atom. The first-order valence-corrected chi connectivity index (χ1v) is 18.4. The van der Waals surface area contributed by atoms with Crippen molar-refractivity contribution in [1.29, 1.82) is 0 Å². The second-order valence-electron chi connectivity index (χ2n) is 17.5. The number of alkyl carbamates (subject to hydrolysis) is 1. The van der Waals surface area contributed by atoms with Gasteiger partial charge in [-0.1, -0.05) is 41.5 Å². The van der Waals surface area contributed by atoms with Crippen LogP contribution in [-0.2, 0) is 19.1 Å². The molecule has 0 aromatic heterocycles. The maximum absolute atomic E-state index is 13.7. The Balaban J connectivity index is 1.36. The second-order valence-corrected chi connectivity index (χ2v) is 17.5. The largest absolute Gasteiger partial charge is 0.448 e. The highest BCUT2D eigenvalue weighted by atomic mass is 16.5. The van der Waals surface area contributed by atoms with Crippen LogP contribution < -0.4 is 5.32 Å². The summed E-state index contributed by atoms with van der Waals surface area (Å²) in [6.07, 6.45) is 11.7. The van der Waals surface area contributed by atoms with Crippen LogP contribution >= 0.6 is 0 Å². The van der Waals surface area contributed by atoms with Gasteiger partial charge in [-0.15, -0.1) is 0 Å². The van der Waals surface area contributed by atoms with Crippen molar-refractivity contribution < 1.29 is 23.9 Å². The second kappa shape index (κ2) is 13.1. The Kier molecular flexibility index (Phi) is 10.1. The van der Waals surface area contributed by atoms with Gasteiger partial charge in [-0.25, -0.2) is 4.79 Å². The summed E-state index contributed by atoms with van der Waals surface area (Å²) in [5, 5.41) is 3.30. The first-order valence-electron chi connectivity index (χ1n) is 18.4. The molecule has 258 valence electrons. The number of ketones is 2. The van der Waals surface area contributed by atoms with Crippen molar-refractivity contribution in [3.8, 4) is 0 Å². The van der Waals surface area contributed by atoms with Gasteiger partial charge in [0.2, 0.25) is 0 Å². The van der Waals surface area contributed by atoms with E-state index in [0.717, 1.165) is 56.9 Å². The van der Waals surface area contributed by atoms with Crippen molar-refractivity contribution in [2.75, 3.05) is 26.7 Å². The average Bonchev–Trinajstić information content (AvgIpc) is 3.26. The van der Waals surface area contributed by atoms with E-state index in [1.54, 1.807) is 6.92 Å². The van der Waals surface area contributed by atoms with Crippen LogP contribution in [-0.4, -0.2) is 61.1 Å². The summed E-state index contributed by atoms with van der Waals surface area (Å²) in [4.78, 5) is 52.0. The van der Waals surface area contributed by atoms with Gasteiger partial charge in [-0.05, 0) is 141 Å². The molecule has 0 aliphatic heterocycles. The molecule has 7 nitrogen and oxygen atoms in total. The van der Waals surface area contributed by atoms with Crippen LogP contribution in [0.4, 0.5) is 4.79 Å². The number of rotatable bonds is 11. The number of amides is 1. The molecule has 46 heavy (non-hydrogen) atoms. The van der Waals surface area contributed by atoms with Gasteiger partial charge < -0.3 is 24.5 Å². The molecule has 1 amide bonds. The number of fused-ring (bicyclic) bond motifs is 7. The Bertz CT molecular complexity index is 1240. The summed E-state index contributed by atoms with van der Waals surface area (Å²) in [6, 6.07) is 0. The van der Waals surface area contributed by atoms with Crippen molar-refractivity contribution in [3.63, 3.8) is 0 Å². The van der Waals surface area contributed by atoms with E-state index in [2.05, 4.69) is 51.8 Å². The lowest BCUT2D eigenvalue weighted by atomic mass is 9.36. The molecule has 0 bridgehead atoms. The Labute approximate surface area is 278 Å². The number of ether oxygens (including phenoxy) is 1. The predicted octanol–water partition coefficient (Wildman–Crippen LogP) is 7.56. The number of carbonyl (C=O) groups excluding carboxylic acids is 4.